The molecular formula is C30H41FN2O12. The van der Waals surface area contributed by atoms with Gasteiger partial charge in [0.2, 0.25) is 5.78 Å². The maximum atomic E-state index is 17.2. The number of aliphatic hydroxyl groups excluding tert-OH is 2. The minimum Gasteiger partial charge on any atom is -0.463 e. The number of hydrogen-bond donors (Lipinski definition) is 4. The standard InChI is InChI=1S/C30H41FN2O12/c1-27-10-9-18(34)12-17(27)7-8-19-20-13-22(35)30(40,28(20,2)14-23(36)29(19,27)31)24(37)16-44-26(39)21(32)15-43-25(38)6-4-3-5-11-45-33(41)42/h9-10,12,19-23,35-36,40H,3-8,11,13-16,32H2,1-2H3/t19?,20?,21?,22-,23+,27+,28+,29+,30+/m1/s1. The summed E-state index contributed by atoms with van der Waals surface area (Å²) in [4.78, 5) is 64.1. The summed E-state index contributed by atoms with van der Waals surface area (Å²) in [6, 6.07) is -1.45. The number of ketones is 2. The predicted molar refractivity (Wildman–Crippen MR) is 151 cm³/mol. The number of Topliss-reactive ketones (excluding diaryl/α,β-unsaturated/α-hetero) is 1. The van der Waals surface area contributed by atoms with E-state index in [-0.39, 0.29) is 38.1 Å². The summed E-state index contributed by atoms with van der Waals surface area (Å²) in [6.45, 7) is 1.52. The highest BCUT2D eigenvalue weighted by Crippen LogP contribution is 2.69. The lowest BCUT2D eigenvalue weighted by atomic mass is 9.44. The molecule has 15 heteroatoms. The van der Waals surface area contributed by atoms with Gasteiger partial charge in [-0.2, -0.15) is 0 Å². The van der Waals surface area contributed by atoms with Crippen LogP contribution >= 0.6 is 0 Å². The number of carbonyl (C=O) groups excluding carboxylic acids is 4. The molecule has 45 heavy (non-hydrogen) atoms. The lowest BCUT2D eigenvalue weighted by molar-refractivity contribution is -0.757. The van der Waals surface area contributed by atoms with Crippen molar-refractivity contribution in [3.63, 3.8) is 0 Å². The van der Waals surface area contributed by atoms with E-state index in [0.717, 1.165) is 0 Å². The van der Waals surface area contributed by atoms with E-state index in [0.29, 0.717) is 31.3 Å². The third-order valence-electron chi connectivity index (χ3n) is 10.6. The molecule has 3 saturated carbocycles. The number of hydrogen-bond acceptors (Lipinski definition) is 13. The van der Waals surface area contributed by atoms with Crippen LogP contribution in [0, 0.1) is 32.8 Å². The minimum atomic E-state index is -2.48. The molecule has 0 aromatic carbocycles. The molecule has 3 unspecified atom stereocenters. The second-order valence-corrected chi connectivity index (χ2v) is 13.0. The van der Waals surface area contributed by atoms with Gasteiger partial charge in [0.15, 0.2) is 23.7 Å². The van der Waals surface area contributed by atoms with E-state index in [2.05, 4.69) is 4.84 Å². The Bertz CT molecular complexity index is 1290. The summed E-state index contributed by atoms with van der Waals surface area (Å²) in [7, 11) is 0. The predicted octanol–water partition coefficient (Wildman–Crippen LogP) is 0.811. The van der Waals surface area contributed by atoms with Crippen molar-refractivity contribution in [1.82, 2.24) is 0 Å². The molecule has 0 amide bonds. The van der Waals surface area contributed by atoms with E-state index in [9.17, 15) is 44.6 Å². The number of alkyl halides is 1. The van der Waals surface area contributed by atoms with Crippen LogP contribution in [0.1, 0.15) is 65.2 Å². The normalized spacial score (nSPS) is 37.4. The summed E-state index contributed by atoms with van der Waals surface area (Å²) >= 11 is 0. The molecule has 0 aromatic heterocycles. The lowest BCUT2D eigenvalue weighted by Gasteiger charge is -2.62. The van der Waals surface area contributed by atoms with Gasteiger partial charge in [-0.1, -0.05) is 25.0 Å². The fourth-order valence-corrected chi connectivity index (χ4v) is 8.09. The van der Waals surface area contributed by atoms with Gasteiger partial charge in [0, 0.05) is 23.2 Å². The second kappa shape index (κ2) is 12.9. The third kappa shape index (κ3) is 5.90. The summed E-state index contributed by atoms with van der Waals surface area (Å²) < 4.78 is 27.2. The van der Waals surface area contributed by atoms with Crippen LogP contribution in [-0.2, 0) is 33.5 Å². The van der Waals surface area contributed by atoms with Crippen LogP contribution in [0.5, 0.6) is 0 Å². The van der Waals surface area contributed by atoms with Crippen molar-refractivity contribution in [3.05, 3.63) is 33.9 Å². The number of allylic oxidation sites excluding steroid dienone is 4. The minimum absolute atomic E-state index is 0.0262. The number of ether oxygens (including phenoxy) is 2. The number of unbranched alkanes of at least 4 members (excludes halogenated alkanes) is 2. The van der Waals surface area contributed by atoms with E-state index in [1.54, 1.807) is 6.92 Å². The summed E-state index contributed by atoms with van der Waals surface area (Å²) in [5, 5.41) is 43.4. The molecule has 0 heterocycles. The van der Waals surface area contributed by atoms with Crippen molar-refractivity contribution in [3.8, 4) is 0 Å². The van der Waals surface area contributed by atoms with Crippen LogP contribution < -0.4 is 5.73 Å². The average Bonchev–Trinajstić information content (AvgIpc) is 3.18. The first-order valence-electron chi connectivity index (χ1n) is 15.1. The molecule has 14 nitrogen and oxygen atoms in total. The van der Waals surface area contributed by atoms with Gasteiger partial charge >= 0.3 is 11.9 Å². The Morgan fingerprint density at radius 1 is 1.16 bits per heavy atom. The topological polar surface area (TPSA) is 226 Å². The van der Waals surface area contributed by atoms with Crippen molar-refractivity contribution < 1.29 is 58.3 Å². The zero-order valence-electron chi connectivity index (χ0n) is 25.3. The Labute approximate surface area is 258 Å². The summed E-state index contributed by atoms with van der Waals surface area (Å²) in [5.74, 6) is -4.65. The fraction of sp³-hybridized carbons (Fsp3) is 0.733. The van der Waals surface area contributed by atoms with Gasteiger partial charge in [0.05, 0.1) is 18.8 Å². The van der Waals surface area contributed by atoms with Crippen LogP contribution in [0.15, 0.2) is 23.8 Å². The van der Waals surface area contributed by atoms with Crippen LogP contribution in [-0.4, -0.2) is 93.3 Å². The first-order chi connectivity index (χ1) is 21.0. The SMILES string of the molecule is C[C@]12C=CC(=O)C=C1CCC1C3C[C@@H](O)[C@](O)(C(=O)COC(=O)C(N)COC(=O)CCCCCO[N+](=O)[O-])[C@@]3(C)C[C@H](O)[C@@]12F. The van der Waals surface area contributed by atoms with Crippen molar-refractivity contribution in [2.75, 3.05) is 19.8 Å². The first-order valence-corrected chi connectivity index (χ1v) is 15.1. The molecule has 0 saturated heterocycles. The van der Waals surface area contributed by atoms with E-state index in [1.165, 1.54) is 25.2 Å². The first kappa shape index (κ1) is 34.6. The molecule has 4 aliphatic carbocycles. The molecular weight excluding hydrogens is 599 g/mol. The van der Waals surface area contributed by atoms with E-state index >= 15 is 4.39 Å². The number of nitrogens with zero attached hydrogens (tertiary/aromatic N) is 1. The summed E-state index contributed by atoms with van der Waals surface area (Å²) in [5.41, 5.74) is -1.16. The fourth-order valence-electron chi connectivity index (χ4n) is 8.09. The smallest absolute Gasteiger partial charge is 0.326 e. The largest absolute Gasteiger partial charge is 0.463 e. The molecule has 0 radical (unpaired) electrons. The highest BCUT2D eigenvalue weighted by Gasteiger charge is 2.76. The molecule has 4 rings (SSSR count). The van der Waals surface area contributed by atoms with Crippen molar-refractivity contribution in [1.29, 1.82) is 0 Å². The number of halogens is 1. The highest BCUT2D eigenvalue weighted by atomic mass is 19.1. The van der Waals surface area contributed by atoms with E-state index < -0.39 is 88.2 Å². The number of rotatable bonds is 13. The van der Waals surface area contributed by atoms with Gasteiger partial charge in [-0.05, 0) is 63.5 Å². The Balaban J connectivity index is 1.35. The maximum absolute atomic E-state index is 17.2. The average molecular weight is 641 g/mol. The molecule has 250 valence electrons. The van der Waals surface area contributed by atoms with E-state index in [1.807, 2.05) is 0 Å². The van der Waals surface area contributed by atoms with Gasteiger partial charge in [-0.15, -0.1) is 10.1 Å². The monoisotopic (exact) mass is 640 g/mol. The Morgan fingerprint density at radius 3 is 2.56 bits per heavy atom. The zero-order chi connectivity index (χ0) is 33.4. The number of fused-ring (bicyclic) bond motifs is 5. The highest BCUT2D eigenvalue weighted by molar-refractivity contribution is 6.01. The number of nitrogens with two attached hydrogens (primary N) is 1. The Morgan fingerprint density at radius 2 is 1.87 bits per heavy atom. The van der Waals surface area contributed by atoms with Gasteiger partial charge in [0.1, 0.15) is 12.6 Å². The van der Waals surface area contributed by atoms with Crippen molar-refractivity contribution in [2.45, 2.75) is 94.7 Å². The van der Waals surface area contributed by atoms with Crippen LogP contribution in [0.4, 0.5) is 4.39 Å². The lowest BCUT2D eigenvalue weighted by Crippen LogP contribution is -2.69. The molecule has 0 bridgehead atoms. The number of aliphatic hydroxyl groups is 3. The number of esters is 2. The van der Waals surface area contributed by atoms with Crippen LogP contribution in [0.25, 0.3) is 0 Å². The van der Waals surface area contributed by atoms with Crippen LogP contribution in [0.3, 0.4) is 0 Å². The molecule has 9 atom stereocenters. The van der Waals surface area contributed by atoms with Gasteiger partial charge in [-0.3, -0.25) is 19.2 Å². The van der Waals surface area contributed by atoms with Gasteiger partial charge < -0.3 is 35.4 Å². The Kier molecular flexibility index (Phi) is 9.88. The quantitative estimate of drug-likeness (QED) is 0.0947. The van der Waals surface area contributed by atoms with Gasteiger partial charge in [0.25, 0.3) is 5.09 Å². The van der Waals surface area contributed by atoms with Crippen LogP contribution in [0.2, 0.25) is 0 Å². The molecule has 0 spiro atoms. The second-order valence-electron chi connectivity index (χ2n) is 13.0. The molecule has 4 aliphatic rings. The third-order valence-corrected chi connectivity index (χ3v) is 10.6. The number of carbonyl (C=O) groups is 4. The van der Waals surface area contributed by atoms with E-state index in [4.69, 9.17) is 15.2 Å². The molecule has 5 N–H and O–H groups in total. The molecule has 3 fully saturated rings. The van der Waals surface area contributed by atoms with Crippen molar-refractivity contribution in [2.24, 2.45) is 28.4 Å². The van der Waals surface area contributed by atoms with Crippen molar-refractivity contribution >= 4 is 23.5 Å². The molecule has 0 aliphatic heterocycles. The Hall–Kier alpha value is -3.27. The maximum Gasteiger partial charge on any atom is 0.326 e. The zero-order valence-corrected chi connectivity index (χ0v) is 25.3. The van der Waals surface area contributed by atoms with Gasteiger partial charge in [-0.25, -0.2) is 4.39 Å². The molecule has 0 aromatic rings. The summed E-state index contributed by atoms with van der Waals surface area (Å²) in [6.07, 6.45) is 2.10.